The van der Waals surface area contributed by atoms with Crippen molar-refractivity contribution in [3.05, 3.63) is 77.4 Å². The van der Waals surface area contributed by atoms with Gasteiger partial charge < -0.3 is 10.1 Å². The molecule has 3 aromatic rings. The summed E-state index contributed by atoms with van der Waals surface area (Å²) in [6.45, 7) is 0.0793. The second-order valence-corrected chi connectivity index (χ2v) is 8.15. The fraction of sp³-hybridized carbons (Fsp3) is 0.261. The Morgan fingerprint density at radius 3 is 2.67 bits per heavy atom. The second kappa shape index (κ2) is 7.43. The number of pyridine rings is 1. The van der Waals surface area contributed by atoms with Crippen molar-refractivity contribution < 1.29 is 31.9 Å². The minimum absolute atomic E-state index is 0.0793. The second-order valence-electron chi connectivity index (χ2n) is 8.15. The highest BCUT2D eigenvalue weighted by atomic mass is 19.4. The van der Waals surface area contributed by atoms with Crippen molar-refractivity contribution in [1.29, 1.82) is 0 Å². The number of nitrogens with one attached hydrogen (secondary N) is 1. The molecule has 0 radical (unpaired) electrons. The van der Waals surface area contributed by atoms with Crippen LogP contribution in [0.3, 0.4) is 0 Å². The van der Waals surface area contributed by atoms with Crippen LogP contribution in [-0.4, -0.2) is 27.5 Å². The third kappa shape index (κ3) is 3.65. The van der Waals surface area contributed by atoms with Crippen LogP contribution in [0.25, 0.3) is 10.8 Å². The molecule has 1 N–H and O–H groups in total. The van der Waals surface area contributed by atoms with Gasteiger partial charge in [-0.3, -0.25) is 4.98 Å². The molecule has 1 aromatic heterocycles. The van der Waals surface area contributed by atoms with Crippen LogP contribution < -0.4 is 5.32 Å². The van der Waals surface area contributed by atoms with Gasteiger partial charge in [-0.15, -0.1) is 0 Å². The zero-order chi connectivity index (χ0) is 23.4. The third-order valence-electron chi connectivity index (χ3n) is 6.03. The molecule has 1 aliphatic heterocycles. The van der Waals surface area contributed by atoms with E-state index in [1.807, 2.05) is 24.3 Å². The molecule has 33 heavy (non-hydrogen) atoms. The lowest BCUT2D eigenvalue weighted by Crippen LogP contribution is -2.46. The number of cyclic esters (lactones) is 1. The molecule has 3 amide bonds. The molecule has 0 unspecified atom stereocenters. The molecule has 1 aliphatic carbocycles. The fourth-order valence-electron chi connectivity index (χ4n) is 4.34. The zero-order valence-electron chi connectivity index (χ0n) is 17.0. The molecule has 10 heteroatoms. The van der Waals surface area contributed by atoms with Crippen LogP contribution in [0.5, 0.6) is 0 Å². The molecular formula is C23H17F4N3O3. The number of hydrogen-bond acceptors (Lipinski definition) is 4. The minimum Gasteiger partial charge on any atom is -0.438 e. The van der Waals surface area contributed by atoms with E-state index < -0.39 is 41.3 Å². The van der Waals surface area contributed by atoms with E-state index >= 15 is 0 Å². The lowest BCUT2D eigenvalue weighted by Gasteiger charge is -2.23. The average molecular weight is 459 g/mol. The van der Waals surface area contributed by atoms with Crippen molar-refractivity contribution in [1.82, 2.24) is 15.2 Å². The van der Waals surface area contributed by atoms with Crippen LogP contribution in [0.2, 0.25) is 0 Å². The molecule has 5 rings (SSSR count). The van der Waals surface area contributed by atoms with Gasteiger partial charge in [-0.2, -0.15) is 13.2 Å². The lowest BCUT2D eigenvalue weighted by molar-refractivity contribution is -0.137. The van der Waals surface area contributed by atoms with Gasteiger partial charge in [0.15, 0.2) is 6.10 Å². The van der Waals surface area contributed by atoms with Crippen molar-refractivity contribution >= 4 is 22.9 Å². The Labute approximate surface area is 185 Å². The van der Waals surface area contributed by atoms with E-state index in [0.29, 0.717) is 18.9 Å². The topological polar surface area (TPSA) is 71.5 Å². The normalized spacial score (nSPS) is 19.1. The summed E-state index contributed by atoms with van der Waals surface area (Å²) in [7, 11) is 0. The highest BCUT2D eigenvalue weighted by Gasteiger charge is 2.66. The number of ether oxygens (including phenoxy) is 1. The van der Waals surface area contributed by atoms with Crippen molar-refractivity contribution in [3.63, 3.8) is 0 Å². The number of aromatic nitrogens is 1. The van der Waals surface area contributed by atoms with Crippen molar-refractivity contribution in [3.8, 4) is 0 Å². The maximum Gasteiger partial charge on any atom is 0.419 e. The Balaban J connectivity index is 1.39. The molecule has 1 spiro atoms. The summed E-state index contributed by atoms with van der Waals surface area (Å²) >= 11 is 0. The Morgan fingerprint density at radius 2 is 1.94 bits per heavy atom. The Kier molecular flexibility index (Phi) is 4.77. The number of benzene rings is 2. The summed E-state index contributed by atoms with van der Waals surface area (Å²) < 4.78 is 58.6. The monoisotopic (exact) mass is 459 g/mol. The predicted molar refractivity (Wildman–Crippen MR) is 108 cm³/mol. The maximum absolute atomic E-state index is 13.9. The molecule has 2 heterocycles. The first-order valence-corrected chi connectivity index (χ1v) is 10.2. The summed E-state index contributed by atoms with van der Waals surface area (Å²) in [5.41, 5.74) is -1.73. The van der Waals surface area contributed by atoms with Gasteiger partial charge in [0.25, 0.3) is 0 Å². The molecule has 2 fully saturated rings. The molecule has 2 aliphatic rings. The van der Waals surface area contributed by atoms with Gasteiger partial charge in [-0.1, -0.05) is 24.3 Å². The van der Waals surface area contributed by atoms with Gasteiger partial charge >= 0.3 is 18.3 Å². The molecule has 170 valence electrons. The van der Waals surface area contributed by atoms with Crippen LogP contribution in [0.1, 0.15) is 35.6 Å². The lowest BCUT2D eigenvalue weighted by atomic mass is 9.98. The Hall–Kier alpha value is -3.69. The molecule has 1 saturated heterocycles. The predicted octanol–water partition coefficient (Wildman–Crippen LogP) is 5.33. The molecular weight excluding hydrogens is 442 g/mol. The number of amides is 3. The number of fused-ring (bicyclic) bond motifs is 1. The largest absolute Gasteiger partial charge is 0.438 e. The summed E-state index contributed by atoms with van der Waals surface area (Å²) in [5.74, 6) is -1.10. The van der Waals surface area contributed by atoms with Gasteiger partial charge in [0.1, 0.15) is 5.82 Å². The Bertz CT molecular complexity index is 1270. The number of nitrogens with zero attached hydrogens (tertiary/aromatic N) is 2. The van der Waals surface area contributed by atoms with Crippen LogP contribution in [0.4, 0.5) is 27.2 Å². The maximum atomic E-state index is 13.9. The summed E-state index contributed by atoms with van der Waals surface area (Å²) in [5, 5.41) is 4.44. The van der Waals surface area contributed by atoms with E-state index in [0.717, 1.165) is 33.4 Å². The van der Waals surface area contributed by atoms with E-state index in [1.165, 1.54) is 0 Å². The number of alkyl halides is 3. The van der Waals surface area contributed by atoms with Gasteiger partial charge in [0.2, 0.25) is 0 Å². The average Bonchev–Trinajstić information content (AvgIpc) is 3.49. The first kappa shape index (κ1) is 21.2. The van der Waals surface area contributed by atoms with Crippen molar-refractivity contribution in [2.45, 2.75) is 37.2 Å². The van der Waals surface area contributed by atoms with E-state index in [1.54, 1.807) is 12.4 Å². The van der Waals surface area contributed by atoms with E-state index in [9.17, 15) is 27.2 Å². The van der Waals surface area contributed by atoms with Gasteiger partial charge in [-0.05, 0) is 47.6 Å². The molecule has 1 atom stereocenters. The first-order valence-electron chi connectivity index (χ1n) is 10.2. The molecule has 6 nitrogen and oxygen atoms in total. The van der Waals surface area contributed by atoms with E-state index in [4.69, 9.17) is 4.74 Å². The Morgan fingerprint density at radius 1 is 1.18 bits per heavy atom. The van der Waals surface area contributed by atoms with Crippen LogP contribution >= 0.6 is 0 Å². The van der Waals surface area contributed by atoms with Crippen LogP contribution in [0, 0.1) is 5.82 Å². The van der Waals surface area contributed by atoms with Gasteiger partial charge in [0, 0.05) is 24.3 Å². The fourth-order valence-corrected chi connectivity index (χ4v) is 4.34. The van der Waals surface area contributed by atoms with Gasteiger partial charge in [-0.25, -0.2) is 18.9 Å². The number of rotatable bonds is 3. The van der Waals surface area contributed by atoms with Gasteiger partial charge in [0.05, 0.1) is 11.1 Å². The number of carbonyl (C=O) groups is 2. The molecule has 0 bridgehead atoms. The minimum atomic E-state index is -4.76. The van der Waals surface area contributed by atoms with Crippen LogP contribution in [0.15, 0.2) is 54.9 Å². The number of halogens is 4. The zero-order valence-corrected chi connectivity index (χ0v) is 17.0. The highest BCUT2D eigenvalue weighted by molar-refractivity contribution is 5.95. The van der Waals surface area contributed by atoms with Crippen molar-refractivity contribution in [2.24, 2.45) is 0 Å². The third-order valence-corrected chi connectivity index (χ3v) is 6.03. The van der Waals surface area contributed by atoms with Crippen LogP contribution in [-0.2, 0) is 17.5 Å². The highest BCUT2D eigenvalue weighted by Crippen LogP contribution is 2.57. The van der Waals surface area contributed by atoms with E-state index in [2.05, 4.69) is 10.3 Å². The standard InChI is InChI=1S/C23H17F4N3O3/c24-17-8-14(7-16(9-17)23(25,26)27)19-22(5-6-22)30(21(32)33-19)20(31)29-12-15-11-28-10-13-3-1-2-4-18(13)15/h1-4,7-11,19H,5-6,12H2,(H,29,31)/t19-/m1/s1. The number of carbonyl (C=O) groups excluding carboxylic acids is 2. The molecule has 2 aromatic carbocycles. The van der Waals surface area contributed by atoms with Crippen molar-refractivity contribution in [2.75, 3.05) is 0 Å². The first-order chi connectivity index (χ1) is 15.7. The number of imide groups is 1. The summed E-state index contributed by atoms with van der Waals surface area (Å²) in [6, 6.07) is 8.76. The number of hydrogen-bond donors (Lipinski definition) is 1. The SMILES string of the molecule is O=C(NCc1cncc2ccccc12)N1C(=O)O[C@H](c2cc(F)cc(C(F)(F)F)c2)C12CC2. The smallest absolute Gasteiger partial charge is 0.419 e. The number of urea groups is 1. The van der Waals surface area contributed by atoms with E-state index in [-0.39, 0.29) is 12.1 Å². The quantitative estimate of drug-likeness (QED) is 0.538. The molecule has 1 saturated carbocycles. The summed E-state index contributed by atoms with van der Waals surface area (Å²) in [6.07, 6.45) is -2.97. The summed E-state index contributed by atoms with van der Waals surface area (Å²) in [4.78, 5) is 30.5.